The number of hydrogen-bond acceptors (Lipinski definition) is 4. The Hall–Kier alpha value is -0.665. The van der Waals surface area contributed by atoms with E-state index in [9.17, 15) is 13.2 Å². The van der Waals surface area contributed by atoms with Crippen LogP contribution in [0.15, 0.2) is 18.2 Å². The van der Waals surface area contributed by atoms with Gasteiger partial charge in [0.25, 0.3) is 0 Å². The Morgan fingerprint density at radius 2 is 2.00 bits per heavy atom. The number of rotatable bonds is 3. The van der Waals surface area contributed by atoms with Crippen LogP contribution in [0.25, 0.3) is 0 Å². The molecule has 8 heteroatoms. The van der Waals surface area contributed by atoms with Gasteiger partial charge in [-0.05, 0) is 0 Å². The Labute approximate surface area is 102 Å². The van der Waals surface area contributed by atoms with Crippen LogP contribution < -0.4 is 7.26 Å². The van der Waals surface area contributed by atoms with Crippen LogP contribution in [0.2, 0.25) is 0 Å². The fourth-order valence-electron chi connectivity index (χ4n) is 0.957. The summed E-state index contributed by atoms with van der Waals surface area (Å²) >= 11 is -0.0270. The van der Waals surface area contributed by atoms with Crippen molar-refractivity contribution in [2.75, 3.05) is 0 Å². The molecule has 0 radical (unpaired) electrons. The fourth-order valence-corrected chi connectivity index (χ4v) is 3.32. The molecule has 0 aromatic heterocycles. The number of carboxylic acid groups (broad SMARTS) is 1. The SMILES string of the molecule is O=C(O)c1ccc[c]([Hg])c1OS(=O)(=O)O. The van der Waals surface area contributed by atoms with Gasteiger partial charge in [-0.3, -0.25) is 0 Å². The van der Waals surface area contributed by atoms with Gasteiger partial charge in [0, 0.05) is 0 Å². The first-order chi connectivity index (χ1) is 6.81. The third kappa shape index (κ3) is 3.43. The topological polar surface area (TPSA) is 101 Å². The molecule has 0 fully saturated rings. The summed E-state index contributed by atoms with van der Waals surface area (Å²) in [4.78, 5) is 10.7. The molecule has 0 saturated heterocycles. The van der Waals surface area contributed by atoms with Crippen molar-refractivity contribution in [3.63, 3.8) is 0 Å². The van der Waals surface area contributed by atoms with Gasteiger partial charge in [0.2, 0.25) is 0 Å². The van der Waals surface area contributed by atoms with Crippen LogP contribution in [0.4, 0.5) is 0 Å². The second-order valence-electron chi connectivity index (χ2n) is 2.61. The predicted octanol–water partition coefficient (Wildman–Crippen LogP) is -0.262. The summed E-state index contributed by atoms with van der Waals surface area (Å²) in [5.74, 6) is -1.60. The van der Waals surface area contributed by atoms with Crippen molar-refractivity contribution in [2.45, 2.75) is 0 Å². The summed E-state index contributed by atoms with van der Waals surface area (Å²) in [6, 6.07) is 4.25. The van der Waals surface area contributed by atoms with Gasteiger partial charge >= 0.3 is 102 Å². The zero-order valence-electron chi connectivity index (χ0n) is 7.37. The van der Waals surface area contributed by atoms with Gasteiger partial charge in [0.15, 0.2) is 0 Å². The Morgan fingerprint density at radius 3 is 2.47 bits per heavy atom. The second kappa shape index (κ2) is 4.46. The quantitative estimate of drug-likeness (QED) is 0.519. The minimum atomic E-state index is -4.69. The number of hydrogen-bond donors (Lipinski definition) is 2. The van der Waals surface area contributed by atoms with E-state index in [1.54, 1.807) is 6.07 Å². The molecule has 1 rings (SSSR count). The van der Waals surface area contributed by atoms with Gasteiger partial charge in [-0.25, -0.2) is 0 Å². The van der Waals surface area contributed by atoms with Gasteiger partial charge in [-0.1, -0.05) is 0 Å². The van der Waals surface area contributed by atoms with Crippen LogP contribution in [-0.2, 0) is 36.5 Å². The molecule has 2 N–H and O–H groups in total. The normalized spacial score (nSPS) is 11.1. The second-order valence-corrected chi connectivity index (χ2v) is 6.59. The number of para-hydroxylation sites is 1. The number of carbonyl (C=O) groups is 1. The molecule has 6 nitrogen and oxygen atoms in total. The van der Waals surface area contributed by atoms with Gasteiger partial charge in [-0.2, -0.15) is 0 Å². The zero-order valence-corrected chi connectivity index (χ0v) is 13.7. The Kier molecular flexibility index (Phi) is 3.69. The van der Waals surface area contributed by atoms with Crippen LogP contribution in [0.3, 0.4) is 0 Å². The summed E-state index contributed by atoms with van der Waals surface area (Å²) in [5, 5.41) is 8.75. The van der Waals surface area contributed by atoms with Gasteiger partial charge in [0.1, 0.15) is 0 Å². The van der Waals surface area contributed by atoms with Crippen molar-refractivity contribution in [2.24, 2.45) is 0 Å². The van der Waals surface area contributed by atoms with Crippen LogP contribution >= 0.6 is 0 Å². The van der Waals surface area contributed by atoms with E-state index in [-0.39, 0.29) is 37.4 Å². The van der Waals surface area contributed by atoms with Crippen molar-refractivity contribution >= 4 is 19.4 Å². The third-order valence-corrected chi connectivity index (χ3v) is 4.06. The van der Waals surface area contributed by atoms with E-state index >= 15 is 0 Å². The molecule has 0 bridgehead atoms. The van der Waals surface area contributed by atoms with E-state index in [4.69, 9.17) is 9.66 Å². The monoisotopic (exact) mass is 419 g/mol. The van der Waals surface area contributed by atoms with Crippen molar-refractivity contribution in [3.8, 4) is 5.75 Å². The molecular formula is C7H5HgO6S. The van der Waals surface area contributed by atoms with E-state index in [0.29, 0.717) is 3.07 Å². The van der Waals surface area contributed by atoms with E-state index in [1.807, 2.05) is 0 Å². The molecule has 0 unspecified atom stereocenters. The Bertz CT molecular complexity index is 494. The molecule has 15 heavy (non-hydrogen) atoms. The summed E-state index contributed by atoms with van der Waals surface area (Å²) in [6.07, 6.45) is 0. The van der Waals surface area contributed by atoms with Crippen LogP contribution in [0.5, 0.6) is 5.75 Å². The molecule has 1 aromatic rings. The van der Waals surface area contributed by atoms with Crippen LogP contribution in [0.1, 0.15) is 10.4 Å². The number of benzene rings is 1. The maximum absolute atomic E-state index is 10.7. The summed E-state index contributed by atoms with van der Waals surface area (Å²) in [7, 11) is -4.69. The van der Waals surface area contributed by atoms with Crippen LogP contribution in [0, 0.1) is 0 Å². The van der Waals surface area contributed by atoms with Crippen molar-refractivity contribution in [1.29, 1.82) is 0 Å². The van der Waals surface area contributed by atoms with E-state index in [2.05, 4.69) is 4.18 Å². The fraction of sp³-hybridized carbons (Fsp3) is 0. The van der Waals surface area contributed by atoms with Gasteiger partial charge < -0.3 is 0 Å². The standard InChI is InChI=1S/C7H5O6S.Hg/c8-7(9)5-3-1-2-4-6(5)13-14(10,11)12;/h1-3H,(H,8,9)(H,10,11,12);. The molecular weight excluding hydrogens is 413 g/mol. The van der Waals surface area contributed by atoms with Gasteiger partial charge in [0.05, 0.1) is 0 Å². The molecule has 0 saturated carbocycles. The van der Waals surface area contributed by atoms with Crippen molar-refractivity contribution in [3.05, 3.63) is 23.8 Å². The molecule has 1 aromatic carbocycles. The molecule has 0 aliphatic carbocycles. The average molecular weight is 418 g/mol. The average Bonchev–Trinajstić information content (AvgIpc) is 2.05. The first-order valence-electron chi connectivity index (χ1n) is 3.66. The predicted molar refractivity (Wildman–Crippen MR) is 45.2 cm³/mol. The number of aromatic carboxylic acids is 1. The van der Waals surface area contributed by atoms with Crippen molar-refractivity contribution < 1.29 is 53.2 Å². The van der Waals surface area contributed by atoms with E-state index < -0.39 is 16.4 Å². The maximum atomic E-state index is 10.7. The Morgan fingerprint density at radius 1 is 1.40 bits per heavy atom. The van der Waals surface area contributed by atoms with E-state index in [0.717, 1.165) is 0 Å². The first kappa shape index (κ1) is 12.4. The van der Waals surface area contributed by atoms with Crippen LogP contribution in [-0.4, -0.2) is 24.0 Å². The Balaban J connectivity index is 3.32. The minimum absolute atomic E-state index is 0.0270. The number of carboxylic acids is 1. The molecule has 0 atom stereocenters. The molecule has 77 valence electrons. The van der Waals surface area contributed by atoms with Gasteiger partial charge in [-0.15, -0.1) is 0 Å². The molecule has 0 aliphatic heterocycles. The first-order valence-corrected chi connectivity index (χ1v) is 7.78. The summed E-state index contributed by atoms with van der Waals surface area (Å²) < 4.78 is 34.2. The molecule has 0 amide bonds. The molecule has 0 spiro atoms. The summed E-state index contributed by atoms with van der Waals surface area (Å²) in [5.41, 5.74) is -0.278. The van der Waals surface area contributed by atoms with E-state index in [1.165, 1.54) is 12.1 Å². The molecule has 0 heterocycles. The third-order valence-electron chi connectivity index (χ3n) is 1.52. The molecule has 0 aliphatic rings. The zero-order chi connectivity index (χ0) is 11.6. The van der Waals surface area contributed by atoms with Crippen molar-refractivity contribution in [1.82, 2.24) is 0 Å². The summed E-state index contributed by atoms with van der Waals surface area (Å²) in [6.45, 7) is 0.